The molecule has 160 valence electrons. The lowest BCUT2D eigenvalue weighted by Crippen LogP contribution is -2.43. The van der Waals surface area contributed by atoms with Gasteiger partial charge in [-0.05, 0) is 50.1 Å². The van der Waals surface area contributed by atoms with Crippen molar-refractivity contribution in [3.63, 3.8) is 0 Å². The Bertz CT molecular complexity index is 802. The number of aryl methyl sites for hydroxylation is 1. The highest BCUT2D eigenvalue weighted by molar-refractivity contribution is 14.0. The molecule has 7 nitrogen and oxygen atoms in total. The number of nitrogens with one attached hydrogen (secondary N) is 2. The monoisotopic (exact) mass is 530 g/mol. The minimum atomic E-state index is 0. The third-order valence-corrected chi connectivity index (χ3v) is 6.64. The van der Waals surface area contributed by atoms with E-state index in [1.165, 1.54) is 18.6 Å². The van der Waals surface area contributed by atoms with Crippen LogP contribution in [0.4, 0.5) is 0 Å². The number of methoxy groups -OCH3 is 1. The lowest BCUT2D eigenvalue weighted by Gasteiger charge is -2.24. The molecular weight excluding hydrogens is 499 g/mol. The zero-order valence-electron chi connectivity index (χ0n) is 17.6. The van der Waals surface area contributed by atoms with Crippen molar-refractivity contribution in [1.82, 2.24) is 25.4 Å². The molecular formula is C20H31IN6OS. The van der Waals surface area contributed by atoms with E-state index in [2.05, 4.69) is 27.8 Å². The molecule has 0 radical (unpaired) electrons. The average Bonchev–Trinajstić information content (AvgIpc) is 3.28. The predicted molar refractivity (Wildman–Crippen MR) is 130 cm³/mol. The van der Waals surface area contributed by atoms with Gasteiger partial charge in [-0.15, -0.1) is 34.2 Å². The summed E-state index contributed by atoms with van der Waals surface area (Å²) in [5.74, 6) is 4.68. The van der Waals surface area contributed by atoms with Crippen molar-refractivity contribution in [2.24, 2.45) is 12.0 Å². The number of ether oxygens (including phenoxy) is 1. The summed E-state index contributed by atoms with van der Waals surface area (Å²) in [5, 5.41) is 15.3. The molecule has 9 heteroatoms. The van der Waals surface area contributed by atoms with Gasteiger partial charge in [-0.3, -0.25) is 0 Å². The van der Waals surface area contributed by atoms with Crippen molar-refractivity contribution in [3.05, 3.63) is 41.5 Å². The maximum atomic E-state index is 5.22. The van der Waals surface area contributed by atoms with Crippen LogP contribution in [0.2, 0.25) is 0 Å². The molecule has 0 saturated carbocycles. The van der Waals surface area contributed by atoms with Crippen LogP contribution >= 0.6 is 35.7 Å². The molecule has 3 rings (SSSR count). The van der Waals surface area contributed by atoms with Crippen LogP contribution in [-0.2, 0) is 20.1 Å². The third-order valence-electron chi connectivity index (χ3n) is 5.11. The van der Waals surface area contributed by atoms with E-state index < -0.39 is 0 Å². The first-order chi connectivity index (χ1) is 13.5. The number of hydrogen-bond donors (Lipinski definition) is 2. The summed E-state index contributed by atoms with van der Waals surface area (Å²) < 4.78 is 7.48. The highest BCUT2D eigenvalue weighted by atomic mass is 127. The summed E-state index contributed by atoms with van der Waals surface area (Å²) >= 11 is 2.04. The van der Waals surface area contributed by atoms with Gasteiger partial charge in [0.2, 0.25) is 0 Å². The zero-order valence-corrected chi connectivity index (χ0v) is 20.7. The minimum absolute atomic E-state index is 0. The fourth-order valence-electron chi connectivity index (χ4n) is 3.09. The summed E-state index contributed by atoms with van der Waals surface area (Å²) in [6, 6.07) is 8.01. The molecule has 2 aromatic rings. The van der Waals surface area contributed by atoms with E-state index in [4.69, 9.17) is 9.73 Å². The number of rotatable bonds is 7. The van der Waals surface area contributed by atoms with E-state index in [0.29, 0.717) is 13.1 Å². The topological polar surface area (TPSA) is 76.4 Å². The van der Waals surface area contributed by atoms with Gasteiger partial charge in [0.1, 0.15) is 11.6 Å². The van der Waals surface area contributed by atoms with Gasteiger partial charge in [-0.1, -0.05) is 12.1 Å². The number of benzene rings is 1. The fraction of sp³-hybridized carbons (Fsp3) is 0.550. The van der Waals surface area contributed by atoms with Crippen LogP contribution in [0.5, 0.6) is 5.75 Å². The molecule has 1 aliphatic heterocycles. The molecule has 0 amide bonds. The second-order valence-corrected chi connectivity index (χ2v) is 9.03. The summed E-state index contributed by atoms with van der Waals surface area (Å²) in [6.07, 6.45) is 2.52. The van der Waals surface area contributed by atoms with Crippen LogP contribution in [0.15, 0.2) is 29.3 Å². The number of nitrogens with zero attached hydrogens (tertiary/aromatic N) is 4. The van der Waals surface area contributed by atoms with Crippen LogP contribution in [0.1, 0.15) is 37.0 Å². The van der Waals surface area contributed by atoms with Gasteiger partial charge in [-0.2, -0.15) is 11.8 Å². The van der Waals surface area contributed by atoms with Gasteiger partial charge in [0.15, 0.2) is 11.8 Å². The first kappa shape index (κ1) is 23.8. The van der Waals surface area contributed by atoms with Gasteiger partial charge in [0.25, 0.3) is 0 Å². The SMILES string of the molecule is COc1ccc(CN=C(NCc2nnc(C)n2C)NCC2(C)CCCS2)cc1.I. The third kappa shape index (κ3) is 6.77. The number of aromatic nitrogens is 3. The molecule has 1 unspecified atom stereocenters. The van der Waals surface area contributed by atoms with Crippen LogP contribution in [-0.4, -0.2) is 44.9 Å². The summed E-state index contributed by atoms with van der Waals surface area (Å²) in [5.41, 5.74) is 1.14. The highest BCUT2D eigenvalue weighted by Gasteiger charge is 2.29. The molecule has 1 aromatic heterocycles. The lowest BCUT2D eigenvalue weighted by atomic mass is 10.1. The number of thioether (sulfide) groups is 1. The van der Waals surface area contributed by atoms with Crippen LogP contribution in [0.25, 0.3) is 0 Å². The fourth-order valence-corrected chi connectivity index (χ4v) is 4.33. The van der Waals surface area contributed by atoms with Crippen molar-refractivity contribution in [2.45, 2.75) is 44.5 Å². The van der Waals surface area contributed by atoms with Crippen molar-refractivity contribution >= 4 is 41.7 Å². The van der Waals surface area contributed by atoms with E-state index in [1.807, 2.05) is 54.6 Å². The first-order valence-corrected chi connectivity index (χ1v) is 10.6. The minimum Gasteiger partial charge on any atom is -0.497 e. The molecule has 1 fully saturated rings. The Morgan fingerprint density at radius 1 is 1.28 bits per heavy atom. The average molecular weight is 530 g/mol. The van der Waals surface area contributed by atoms with Crippen LogP contribution in [0.3, 0.4) is 0 Å². The molecule has 1 saturated heterocycles. The molecule has 0 spiro atoms. The summed E-state index contributed by atoms with van der Waals surface area (Å²) in [7, 11) is 3.65. The Balaban J connectivity index is 0.00000300. The molecule has 2 N–H and O–H groups in total. The smallest absolute Gasteiger partial charge is 0.192 e. The van der Waals surface area contributed by atoms with Gasteiger partial charge in [0.05, 0.1) is 20.2 Å². The second kappa shape index (κ2) is 11.1. The molecule has 0 bridgehead atoms. The molecule has 2 heterocycles. The van der Waals surface area contributed by atoms with E-state index >= 15 is 0 Å². The van der Waals surface area contributed by atoms with E-state index in [-0.39, 0.29) is 28.7 Å². The quantitative estimate of drug-likeness (QED) is 0.325. The second-order valence-electron chi connectivity index (χ2n) is 7.34. The normalized spacial score (nSPS) is 19.0. The number of guanidine groups is 1. The van der Waals surface area contributed by atoms with E-state index in [0.717, 1.165) is 35.5 Å². The van der Waals surface area contributed by atoms with Crippen LogP contribution in [0, 0.1) is 6.92 Å². The molecule has 1 aromatic carbocycles. The van der Waals surface area contributed by atoms with Crippen molar-refractivity contribution in [1.29, 1.82) is 0 Å². The van der Waals surface area contributed by atoms with E-state index in [1.54, 1.807) is 7.11 Å². The lowest BCUT2D eigenvalue weighted by molar-refractivity contribution is 0.414. The van der Waals surface area contributed by atoms with Crippen molar-refractivity contribution < 1.29 is 4.74 Å². The van der Waals surface area contributed by atoms with Gasteiger partial charge < -0.3 is 19.9 Å². The zero-order chi connectivity index (χ0) is 20.0. The number of aliphatic imine (C=N–C) groups is 1. The molecule has 1 atom stereocenters. The Kier molecular flexibility index (Phi) is 9.06. The van der Waals surface area contributed by atoms with E-state index in [9.17, 15) is 0 Å². The molecule has 0 aliphatic carbocycles. The Labute approximate surface area is 194 Å². The Morgan fingerprint density at radius 2 is 2.03 bits per heavy atom. The highest BCUT2D eigenvalue weighted by Crippen LogP contribution is 2.36. The molecule has 1 aliphatic rings. The van der Waals surface area contributed by atoms with Crippen molar-refractivity contribution in [3.8, 4) is 5.75 Å². The standard InChI is InChI=1S/C20H30N6OS.HI/c1-15-24-25-18(26(15)3)13-22-19(23-14-20(2)10-5-11-28-20)21-12-16-6-8-17(27-4)9-7-16;/h6-9H,5,10-14H2,1-4H3,(H2,21,22,23);1H. The Hall–Kier alpha value is -1.49. The number of halogens is 1. The van der Waals surface area contributed by atoms with Gasteiger partial charge in [0, 0.05) is 18.3 Å². The largest absolute Gasteiger partial charge is 0.497 e. The summed E-state index contributed by atoms with van der Waals surface area (Å²) in [4.78, 5) is 4.78. The van der Waals surface area contributed by atoms with Crippen LogP contribution < -0.4 is 15.4 Å². The van der Waals surface area contributed by atoms with Gasteiger partial charge in [-0.25, -0.2) is 4.99 Å². The molecule has 29 heavy (non-hydrogen) atoms. The maximum Gasteiger partial charge on any atom is 0.192 e. The number of hydrogen-bond acceptors (Lipinski definition) is 5. The van der Waals surface area contributed by atoms with Gasteiger partial charge >= 0.3 is 0 Å². The predicted octanol–water partition coefficient (Wildman–Crippen LogP) is 3.27. The first-order valence-electron chi connectivity index (χ1n) is 9.63. The summed E-state index contributed by atoms with van der Waals surface area (Å²) in [6.45, 7) is 6.34. The Morgan fingerprint density at radius 3 is 2.62 bits per heavy atom. The maximum absolute atomic E-state index is 5.22. The van der Waals surface area contributed by atoms with Crippen molar-refractivity contribution in [2.75, 3.05) is 19.4 Å².